The molecule has 0 saturated heterocycles. The quantitative estimate of drug-likeness (QED) is 0.293. The second kappa shape index (κ2) is 10.5. The van der Waals surface area contributed by atoms with E-state index in [1.165, 1.54) is 19.2 Å². The zero-order valence-corrected chi connectivity index (χ0v) is 17.6. The summed E-state index contributed by atoms with van der Waals surface area (Å²) in [5.41, 5.74) is 1.85. The van der Waals surface area contributed by atoms with Crippen molar-refractivity contribution in [2.75, 3.05) is 12.4 Å². The van der Waals surface area contributed by atoms with Crippen LogP contribution in [-0.4, -0.2) is 35.0 Å². The molecule has 0 radical (unpaired) electrons. The number of para-hydroxylation sites is 1. The summed E-state index contributed by atoms with van der Waals surface area (Å²) in [4.78, 5) is 45.6. The Balaban J connectivity index is 1.75. The van der Waals surface area contributed by atoms with Crippen LogP contribution in [-0.2, 0) is 0 Å². The number of anilines is 1. The first-order valence-electron chi connectivity index (χ1n) is 9.61. The van der Waals surface area contributed by atoms with E-state index in [4.69, 9.17) is 4.74 Å². The van der Waals surface area contributed by atoms with E-state index in [1.54, 1.807) is 36.4 Å². The highest BCUT2D eigenvalue weighted by Crippen LogP contribution is 2.23. The van der Waals surface area contributed by atoms with Crippen molar-refractivity contribution in [2.45, 2.75) is 0 Å². The molecule has 0 bridgehead atoms. The number of rotatable bonds is 8. The maximum Gasteiger partial charge on any atom is 0.285 e. The Bertz CT molecular complexity index is 1290. The molecule has 0 unspecified atom stereocenters. The van der Waals surface area contributed by atoms with E-state index in [0.29, 0.717) is 11.3 Å². The first-order valence-corrected chi connectivity index (χ1v) is 9.61. The van der Waals surface area contributed by atoms with Crippen LogP contribution >= 0.6 is 0 Å². The van der Waals surface area contributed by atoms with Crippen LogP contribution in [0.2, 0.25) is 0 Å². The molecule has 0 aliphatic rings. The molecule has 0 aromatic heterocycles. The van der Waals surface area contributed by atoms with Gasteiger partial charge in [-0.05, 0) is 42.5 Å². The van der Waals surface area contributed by atoms with Crippen LogP contribution in [0.3, 0.4) is 0 Å². The van der Waals surface area contributed by atoms with Gasteiger partial charge in [-0.25, -0.2) is 5.43 Å². The summed E-state index contributed by atoms with van der Waals surface area (Å²) in [7, 11) is 1.51. The minimum absolute atomic E-state index is 0.0445. The average Bonchev–Trinajstić information content (AvgIpc) is 2.84. The smallest absolute Gasteiger partial charge is 0.285 e. The van der Waals surface area contributed by atoms with E-state index in [9.17, 15) is 29.8 Å². The molecule has 0 aliphatic carbocycles. The fraction of sp³-hybridized carbons (Fsp3) is 0.0455. The Kier molecular flexibility index (Phi) is 7.24. The van der Waals surface area contributed by atoms with Crippen molar-refractivity contribution in [1.82, 2.24) is 5.43 Å². The van der Waals surface area contributed by atoms with Crippen molar-refractivity contribution >= 4 is 35.1 Å². The average molecular weight is 463 g/mol. The molecular weight excluding hydrogens is 446 g/mol. The van der Waals surface area contributed by atoms with Crippen LogP contribution in [0.15, 0.2) is 71.8 Å². The largest absolute Gasteiger partial charge is 0.497 e. The van der Waals surface area contributed by atoms with Crippen LogP contribution in [0.5, 0.6) is 5.75 Å². The van der Waals surface area contributed by atoms with E-state index in [0.717, 1.165) is 24.4 Å². The molecule has 0 aliphatic heterocycles. The fourth-order valence-electron chi connectivity index (χ4n) is 2.86. The number of nitrogens with zero attached hydrogens (tertiary/aromatic N) is 3. The minimum Gasteiger partial charge on any atom is -0.497 e. The Morgan fingerprint density at radius 1 is 0.941 bits per heavy atom. The summed E-state index contributed by atoms with van der Waals surface area (Å²) in [6, 6.07) is 15.6. The number of hydrazone groups is 1. The lowest BCUT2D eigenvalue weighted by Gasteiger charge is -2.10. The number of nitro groups is 2. The summed E-state index contributed by atoms with van der Waals surface area (Å²) in [5.74, 6) is -0.554. The summed E-state index contributed by atoms with van der Waals surface area (Å²) in [5, 5.41) is 28.4. The van der Waals surface area contributed by atoms with Gasteiger partial charge in [-0.1, -0.05) is 12.1 Å². The molecule has 2 N–H and O–H groups in total. The molecule has 34 heavy (non-hydrogen) atoms. The van der Waals surface area contributed by atoms with Crippen molar-refractivity contribution in [3.63, 3.8) is 0 Å². The van der Waals surface area contributed by atoms with Gasteiger partial charge in [-0.15, -0.1) is 0 Å². The lowest BCUT2D eigenvalue weighted by atomic mass is 10.1. The molecule has 3 rings (SSSR count). The molecule has 172 valence electrons. The molecular formula is C22H17N5O7. The number of ether oxygens (including phenoxy) is 1. The first kappa shape index (κ1) is 23.5. The van der Waals surface area contributed by atoms with Gasteiger partial charge in [0.15, 0.2) is 0 Å². The van der Waals surface area contributed by atoms with Gasteiger partial charge < -0.3 is 10.1 Å². The number of benzene rings is 3. The van der Waals surface area contributed by atoms with E-state index in [2.05, 4.69) is 15.8 Å². The number of methoxy groups -OCH3 is 1. The highest BCUT2D eigenvalue weighted by Gasteiger charge is 2.19. The molecule has 0 saturated carbocycles. The SMILES string of the molecule is COc1ccc(C(=O)Nc2ccccc2C(=O)N/N=C\c2ccc([N+](=O)[O-])cc2[N+](=O)[O-])cc1. The zero-order chi connectivity index (χ0) is 24.7. The van der Waals surface area contributed by atoms with Crippen LogP contribution in [0.1, 0.15) is 26.3 Å². The maximum atomic E-state index is 12.6. The molecule has 0 spiro atoms. The number of nitro benzene ring substituents is 2. The molecule has 12 heteroatoms. The summed E-state index contributed by atoms with van der Waals surface area (Å²) < 4.78 is 5.06. The van der Waals surface area contributed by atoms with Crippen molar-refractivity contribution in [1.29, 1.82) is 0 Å². The topological polar surface area (TPSA) is 166 Å². The van der Waals surface area contributed by atoms with Gasteiger partial charge >= 0.3 is 0 Å². The third kappa shape index (κ3) is 5.56. The number of carbonyl (C=O) groups is 2. The van der Waals surface area contributed by atoms with Crippen LogP contribution < -0.4 is 15.5 Å². The number of carbonyl (C=O) groups excluding carboxylic acids is 2. The Labute approximate surface area is 192 Å². The Morgan fingerprint density at radius 3 is 2.29 bits per heavy atom. The second-order valence-electron chi connectivity index (χ2n) is 6.68. The predicted octanol–water partition coefficient (Wildman–Crippen LogP) is 3.53. The van der Waals surface area contributed by atoms with Gasteiger partial charge in [0.05, 0.1) is 46.1 Å². The molecule has 0 atom stereocenters. The van der Waals surface area contributed by atoms with Gasteiger partial charge in [0.2, 0.25) is 0 Å². The van der Waals surface area contributed by atoms with Crippen LogP contribution in [0, 0.1) is 20.2 Å². The lowest BCUT2D eigenvalue weighted by molar-refractivity contribution is -0.394. The molecule has 12 nitrogen and oxygen atoms in total. The molecule has 0 fully saturated rings. The van der Waals surface area contributed by atoms with Crippen molar-refractivity contribution in [3.05, 3.63) is 104 Å². The number of amides is 2. The standard InChI is InChI=1S/C22H17N5O7/c1-34-17-10-7-14(8-11-17)21(28)24-19-5-3-2-4-18(19)22(29)25-23-13-15-6-9-16(26(30)31)12-20(15)27(32)33/h2-13H,1H3,(H,24,28)(H,25,29)/b23-13-. The third-order valence-corrected chi connectivity index (χ3v) is 4.56. The predicted molar refractivity (Wildman–Crippen MR) is 122 cm³/mol. The first-order chi connectivity index (χ1) is 16.3. The van der Waals surface area contributed by atoms with E-state index in [1.807, 2.05) is 0 Å². The van der Waals surface area contributed by atoms with Crippen LogP contribution in [0.25, 0.3) is 0 Å². The molecule has 3 aromatic carbocycles. The van der Waals surface area contributed by atoms with Crippen molar-refractivity contribution < 1.29 is 24.2 Å². The van der Waals surface area contributed by atoms with E-state index in [-0.39, 0.29) is 16.8 Å². The van der Waals surface area contributed by atoms with Crippen molar-refractivity contribution in [2.24, 2.45) is 5.10 Å². The third-order valence-electron chi connectivity index (χ3n) is 4.56. The maximum absolute atomic E-state index is 12.6. The van der Waals surface area contributed by atoms with Gasteiger partial charge in [0, 0.05) is 11.6 Å². The summed E-state index contributed by atoms with van der Waals surface area (Å²) >= 11 is 0. The Morgan fingerprint density at radius 2 is 1.65 bits per heavy atom. The second-order valence-corrected chi connectivity index (χ2v) is 6.68. The van der Waals surface area contributed by atoms with E-state index < -0.39 is 33.0 Å². The fourth-order valence-corrected chi connectivity index (χ4v) is 2.86. The van der Waals surface area contributed by atoms with Crippen molar-refractivity contribution in [3.8, 4) is 5.75 Å². The zero-order valence-electron chi connectivity index (χ0n) is 17.6. The van der Waals surface area contributed by atoms with Gasteiger partial charge in [0.25, 0.3) is 23.2 Å². The number of hydrogen-bond donors (Lipinski definition) is 2. The number of non-ortho nitro benzene ring substituents is 1. The number of nitrogens with one attached hydrogen (secondary N) is 2. The monoisotopic (exact) mass is 463 g/mol. The molecule has 2 amide bonds. The Hall–Kier alpha value is -5.13. The summed E-state index contributed by atoms with van der Waals surface area (Å²) in [6.45, 7) is 0. The lowest BCUT2D eigenvalue weighted by Crippen LogP contribution is -2.21. The molecule has 3 aromatic rings. The van der Waals surface area contributed by atoms with Gasteiger partial charge in [-0.3, -0.25) is 29.8 Å². The van der Waals surface area contributed by atoms with E-state index >= 15 is 0 Å². The highest BCUT2D eigenvalue weighted by atomic mass is 16.6. The van der Waals surface area contributed by atoms with Crippen LogP contribution in [0.4, 0.5) is 17.1 Å². The number of hydrogen-bond acceptors (Lipinski definition) is 8. The minimum atomic E-state index is -0.791. The van der Waals surface area contributed by atoms with Gasteiger partial charge in [0.1, 0.15) is 5.75 Å². The normalized spacial score (nSPS) is 10.5. The highest BCUT2D eigenvalue weighted by molar-refractivity contribution is 6.09. The molecule has 0 heterocycles. The van der Waals surface area contributed by atoms with Gasteiger partial charge in [-0.2, -0.15) is 5.10 Å². The summed E-state index contributed by atoms with van der Waals surface area (Å²) in [6.07, 6.45) is 0.998.